The number of methoxy groups -OCH3 is 1. The van der Waals surface area contributed by atoms with E-state index in [9.17, 15) is 18.4 Å². The van der Waals surface area contributed by atoms with Gasteiger partial charge in [-0.2, -0.15) is 0 Å². The van der Waals surface area contributed by atoms with Crippen molar-refractivity contribution in [1.82, 2.24) is 9.80 Å². The normalized spacial score (nSPS) is 15.9. The lowest BCUT2D eigenvalue weighted by molar-refractivity contribution is 0.0602. The maximum absolute atomic E-state index is 12.5. The molecule has 1 fully saturated rings. The van der Waals surface area contributed by atoms with E-state index in [2.05, 4.69) is 5.32 Å². The second kappa shape index (κ2) is 8.58. The number of anilines is 1. The molecular weight excluding hydrogens is 320 g/mol. The molecule has 2 rings (SSSR count). The molecule has 2 amide bonds. The van der Waals surface area contributed by atoms with Gasteiger partial charge in [0.2, 0.25) is 0 Å². The van der Waals surface area contributed by atoms with Crippen molar-refractivity contribution < 1.29 is 23.1 Å². The number of amides is 2. The van der Waals surface area contributed by atoms with E-state index in [1.807, 2.05) is 0 Å². The number of ether oxygens (including phenoxy) is 1. The molecule has 1 heterocycles. The van der Waals surface area contributed by atoms with Gasteiger partial charge in [0.25, 0.3) is 6.43 Å². The van der Waals surface area contributed by atoms with Crippen LogP contribution < -0.4 is 5.32 Å². The summed E-state index contributed by atoms with van der Waals surface area (Å²) in [6, 6.07) is 6.20. The van der Waals surface area contributed by atoms with Crippen LogP contribution in [0.1, 0.15) is 16.8 Å². The van der Waals surface area contributed by atoms with Gasteiger partial charge < -0.3 is 15.0 Å². The molecule has 24 heavy (non-hydrogen) atoms. The minimum Gasteiger partial charge on any atom is -0.465 e. The molecule has 0 spiro atoms. The third-order valence-electron chi connectivity index (χ3n) is 3.85. The fourth-order valence-corrected chi connectivity index (χ4v) is 2.63. The van der Waals surface area contributed by atoms with Gasteiger partial charge in [-0.05, 0) is 18.6 Å². The molecule has 0 aliphatic carbocycles. The number of carbonyl (C=O) groups is 2. The van der Waals surface area contributed by atoms with Crippen LogP contribution in [-0.4, -0.2) is 68.1 Å². The zero-order valence-corrected chi connectivity index (χ0v) is 13.5. The highest BCUT2D eigenvalue weighted by atomic mass is 19.3. The number of carbonyl (C=O) groups excluding carboxylic acids is 2. The summed E-state index contributed by atoms with van der Waals surface area (Å²) in [4.78, 5) is 27.4. The number of hydrogen-bond acceptors (Lipinski definition) is 4. The number of esters is 1. The summed E-state index contributed by atoms with van der Waals surface area (Å²) < 4.78 is 29.6. The average molecular weight is 341 g/mol. The molecule has 0 saturated carbocycles. The summed E-state index contributed by atoms with van der Waals surface area (Å²) in [5, 5.41) is 2.70. The fraction of sp³-hybridized carbons (Fsp3) is 0.500. The molecule has 132 valence electrons. The molecule has 0 radical (unpaired) electrons. The first kappa shape index (κ1) is 18.1. The molecule has 1 aromatic rings. The minimum atomic E-state index is -2.38. The minimum absolute atomic E-state index is 0.266. The van der Waals surface area contributed by atoms with E-state index in [1.54, 1.807) is 34.1 Å². The average Bonchev–Trinajstić information content (AvgIpc) is 2.79. The number of para-hydroxylation sites is 1. The number of nitrogens with one attached hydrogen (secondary N) is 1. The van der Waals surface area contributed by atoms with Gasteiger partial charge in [0.05, 0.1) is 24.9 Å². The van der Waals surface area contributed by atoms with Gasteiger partial charge in [-0.15, -0.1) is 0 Å². The molecule has 0 atom stereocenters. The Morgan fingerprint density at radius 2 is 1.96 bits per heavy atom. The third kappa shape index (κ3) is 4.89. The molecule has 8 heteroatoms. The Labute approximate surface area is 139 Å². The maximum atomic E-state index is 12.5. The van der Waals surface area contributed by atoms with E-state index in [4.69, 9.17) is 4.74 Å². The van der Waals surface area contributed by atoms with Gasteiger partial charge in [-0.25, -0.2) is 18.4 Å². The Kier molecular flexibility index (Phi) is 6.48. The fourth-order valence-electron chi connectivity index (χ4n) is 2.63. The molecule has 0 unspecified atom stereocenters. The van der Waals surface area contributed by atoms with Crippen LogP contribution >= 0.6 is 0 Å². The molecule has 1 aromatic carbocycles. The summed E-state index contributed by atoms with van der Waals surface area (Å²) in [5.74, 6) is -0.537. The van der Waals surface area contributed by atoms with Gasteiger partial charge in [-0.3, -0.25) is 4.90 Å². The van der Waals surface area contributed by atoms with Crippen LogP contribution in [0.25, 0.3) is 0 Å². The summed E-state index contributed by atoms with van der Waals surface area (Å²) in [6.07, 6.45) is -1.75. The highest BCUT2D eigenvalue weighted by Gasteiger charge is 2.22. The molecule has 1 saturated heterocycles. The standard InChI is InChI=1S/C16H21F2N3O3/c1-24-15(22)12-5-2-3-6-13(12)19-16(23)21-8-4-7-20(9-10-21)11-14(17)18/h2-3,5-6,14H,4,7-11H2,1H3,(H,19,23). The second-order valence-corrected chi connectivity index (χ2v) is 5.50. The zero-order chi connectivity index (χ0) is 17.5. The number of halogens is 2. The van der Waals surface area contributed by atoms with Crippen LogP contribution in [0.4, 0.5) is 19.3 Å². The van der Waals surface area contributed by atoms with E-state index in [1.165, 1.54) is 7.11 Å². The zero-order valence-electron chi connectivity index (χ0n) is 13.5. The third-order valence-corrected chi connectivity index (χ3v) is 3.85. The van der Waals surface area contributed by atoms with Crippen LogP contribution in [0.2, 0.25) is 0 Å². The van der Waals surface area contributed by atoms with Gasteiger partial charge in [0, 0.05) is 26.2 Å². The largest absolute Gasteiger partial charge is 0.465 e. The van der Waals surface area contributed by atoms with Crippen molar-refractivity contribution in [2.75, 3.05) is 45.2 Å². The number of urea groups is 1. The predicted molar refractivity (Wildman–Crippen MR) is 85.4 cm³/mol. The summed E-state index contributed by atoms with van der Waals surface area (Å²) in [5.41, 5.74) is 0.630. The molecule has 0 aromatic heterocycles. The van der Waals surface area contributed by atoms with Gasteiger partial charge in [-0.1, -0.05) is 12.1 Å². The van der Waals surface area contributed by atoms with E-state index in [-0.39, 0.29) is 18.1 Å². The number of alkyl halides is 2. The van der Waals surface area contributed by atoms with Crippen LogP contribution in [0.3, 0.4) is 0 Å². The lowest BCUT2D eigenvalue weighted by Gasteiger charge is -2.22. The van der Waals surface area contributed by atoms with Gasteiger partial charge in [0.1, 0.15) is 0 Å². The van der Waals surface area contributed by atoms with Crippen LogP contribution in [0, 0.1) is 0 Å². The summed E-state index contributed by atoms with van der Waals surface area (Å²) >= 11 is 0. The number of benzene rings is 1. The first-order valence-electron chi connectivity index (χ1n) is 7.75. The molecule has 0 bridgehead atoms. The molecule has 1 aliphatic heterocycles. The predicted octanol–water partition coefficient (Wildman–Crippen LogP) is 2.28. The smallest absolute Gasteiger partial charge is 0.339 e. The van der Waals surface area contributed by atoms with Crippen molar-refractivity contribution >= 4 is 17.7 Å². The van der Waals surface area contributed by atoms with Crippen molar-refractivity contribution in [3.63, 3.8) is 0 Å². The lowest BCUT2D eigenvalue weighted by Crippen LogP contribution is -2.39. The Balaban J connectivity index is 1.99. The molecular formula is C16H21F2N3O3. The van der Waals surface area contributed by atoms with E-state index < -0.39 is 12.4 Å². The Morgan fingerprint density at radius 1 is 1.21 bits per heavy atom. The van der Waals surface area contributed by atoms with E-state index in [0.29, 0.717) is 38.3 Å². The monoisotopic (exact) mass is 341 g/mol. The summed E-state index contributed by atoms with van der Waals surface area (Å²) in [6.45, 7) is 1.49. The quantitative estimate of drug-likeness (QED) is 0.854. The van der Waals surface area contributed by atoms with Crippen molar-refractivity contribution in [3.8, 4) is 0 Å². The van der Waals surface area contributed by atoms with Crippen molar-refractivity contribution in [1.29, 1.82) is 0 Å². The number of nitrogens with zero attached hydrogens (tertiary/aromatic N) is 2. The topological polar surface area (TPSA) is 61.9 Å². The number of rotatable bonds is 4. The highest BCUT2D eigenvalue weighted by molar-refractivity contribution is 6.00. The van der Waals surface area contributed by atoms with Crippen LogP contribution in [0.5, 0.6) is 0 Å². The SMILES string of the molecule is COC(=O)c1ccccc1NC(=O)N1CCCN(CC(F)F)CC1. The Bertz CT molecular complexity index is 583. The highest BCUT2D eigenvalue weighted by Crippen LogP contribution is 2.17. The van der Waals surface area contributed by atoms with Gasteiger partial charge >= 0.3 is 12.0 Å². The van der Waals surface area contributed by atoms with Crippen molar-refractivity contribution in [2.45, 2.75) is 12.8 Å². The molecule has 6 nitrogen and oxygen atoms in total. The van der Waals surface area contributed by atoms with Crippen LogP contribution in [0.15, 0.2) is 24.3 Å². The Hall–Kier alpha value is -2.22. The van der Waals surface area contributed by atoms with Crippen molar-refractivity contribution in [2.24, 2.45) is 0 Å². The summed E-state index contributed by atoms with van der Waals surface area (Å²) in [7, 11) is 1.27. The number of hydrogen-bond donors (Lipinski definition) is 1. The lowest BCUT2D eigenvalue weighted by atomic mass is 10.2. The van der Waals surface area contributed by atoms with Gasteiger partial charge in [0.15, 0.2) is 0 Å². The van der Waals surface area contributed by atoms with Crippen LogP contribution in [-0.2, 0) is 4.74 Å². The molecule has 1 aliphatic rings. The molecule has 1 N–H and O–H groups in total. The maximum Gasteiger partial charge on any atom is 0.339 e. The first-order valence-corrected chi connectivity index (χ1v) is 7.75. The van der Waals surface area contributed by atoms with Crippen molar-refractivity contribution in [3.05, 3.63) is 29.8 Å². The Morgan fingerprint density at radius 3 is 2.67 bits per heavy atom. The van der Waals surface area contributed by atoms with E-state index in [0.717, 1.165) is 0 Å². The first-order chi connectivity index (χ1) is 11.5. The second-order valence-electron chi connectivity index (χ2n) is 5.50. The van der Waals surface area contributed by atoms with E-state index >= 15 is 0 Å².